The lowest BCUT2D eigenvalue weighted by Gasteiger charge is -2.32. The second-order valence-electron chi connectivity index (χ2n) is 5.88. The van der Waals surface area contributed by atoms with E-state index in [2.05, 4.69) is 24.6 Å². The third kappa shape index (κ3) is 3.77. The van der Waals surface area contributed by atoms with Gasteiger partial charge in [0.15, 0.2) is 17.0 Å². The number of hydrogen-bond acceptors (Lipinski definition) is 6. The van der Waals surface area contributed by atoms with Gasteiger partial charge in [0.05, 0.1) is 6.33 Å². The molecular weight excluding hydrogens is 318 g/mol. The maximum absolute atomic E-state index is 10.9. The number of rotatable bonds is 5. The zero-order chi connectivity index (χ0) is 16.4. The summed E-state index contributed by atoms with van der Waals surface area (Å²) in [5, 5.41) is 4.93. The summed E-state index contributed by atoms with van der Waals surface area (Å²) in [6, 6.07) is 0. The predicted molar refractivity (Wildman–Crippen MR) is 87.0 cm³/mol. The molecule has 0 radical (unpaired) electrons. The third-order valence-electron chi connectivity index (χ3n) is 4.25. The van der Waals surface area contributed by atoms with E-state index in [1.807, 2.05) is 11.6 Å². The largest absolute Gasteiger partial charge is 0.355 e. The number of imidazole rings is 1. The Morgan fingerprint density at radius 3 is 2.74 bits per heavy atom. The van der Waals surface area contributed by atoms with E-state index in [-0.39, 0.29) is 0 Å². The molecule has 0 atom stereocenters. The molecule has 0 amide bonds. The fraction of sp³-hybridized carbons (Fsp3) is 0.615. The molecule has 1 saturated heterocycles. The van der Waals surface area contributed by atoms with Crippen molar-refractivity contribution in [2.45, 2.75) is 19.3 Å². The van der Waals surface area contributed by atoms with Crippen LogP contribution in [0.2, 0.25) is 0 Å². The van der Waals surface area contributed by atoms with Gasteiger partial charge in [-0.25, -0.2) is 24.8 Å². The van der Waals surface area contributed by atoms with Gasteiger partial charge in [-0.1, -0.05) is 0 Å². The van der Waals surface area contributed by atoms with Crippen LogP contribution in [0, 0.1) is 5.92 Å². The van der Waals surface area contributed by atoms with Crippen molar-refractivity contribution in [1.29, 1.82) is 0 Å². The van der Waals surface area contributed by atoms with Gasteiger partial charge in [-0.05, 0) is 25.2 Å². The van der Waals surface area contributed by atoms with E-state index in [1.54, 1.807) is 12.7 Å². The predicted octanol–water partition coefficient (Wildman–Crippen LogP) is -0.237. The van der Waals surface area contributed by atoms with E-state index in [9.17, 15) is 8.42 Å². The van der Waals surface area contributed by atoms with Crippen LogP contribution in [0.3, 0.4) is 0 Å². The lowest BCUT2D eigenvalue weighted by molar-refractivity contribution is 0.381. The van der Waals surface area contributed by atoms with Gasteiger partial charge in [0.2, 0.25) is 0 Å². The summed E-state index contributed by atoms with van der Waals surface area (Å²) in [5.41, 5.74) is 1.65. The Labute approximate surface area is 135 Å². The van der Waals surface area contributed by atoms with Crippen LogP contribution in [0.4, 0.5) is 5.82 Å². The maximum Gasteiger partial charge on any atom is 0.274 e. The van der Waals surface area contributed by atoms with Crippen molar-refractivity contribution in [3.63, 3.8) is 0 Å². The summed E-state index contributed by atoms with van der Waals surface area (Å²) < 4.78 is 26.0. The van der Waals surface area contributed by atoms with Crippen LogP contribution >= 0.6 is 0 Å². The molecule has 0 bridgehead atoms. The van der Waals surface area contributed by atoms with Gasteiger partial charge in [-0.15, -0.1) is 0 Å². The second kappa shape index (κ2) is 6.38. The molecule has 2 aromatic heterocycles. The smallest absolute Gasteiger partial charge is 0.274 e. The molecule has 0 saturated carbocycles. The minimum Gasteiger partial charge on any atom is -0.355 e. The number of nitrogens with one attached hydrogen (secondary N) is 1. The van der Waals surface area contributed by atoms with Gasteiger partial charge in [-0.2, -0.15) is 8.42 Å². The molecule has 0 spiro atoms. The first-order valence-electron chi connectivity index (χ1n) is 7.58. The first-order valence-corrected chi connectivity index (χ1v) is 9.13. The number of fused-ring (bicyclic) bond motifs is 1. The Balaban J connectivity index is 1.60. The van der Waals surface area contributed by atoms with E-state index in [0.29, 0.717) is 12.5 Å². The van der Waals surface area contributed by atoms with Crippen LogP contribution < -0.4 is 14.8 Å². The Hall–Kier alpha value is -1.78. The second-order valence-corrected chi connectivity index (χ2v) is 7.26. The molecule has 3 rings (SSSR count). The van der Waals surface area contributed by atoms with Gasteiger partial charge in [0, 0.05) is 26.7 Å². The normalized spacial score (nSPS) is 17.0. The van der Waals surface area contributed by atoms with Crippen molar-refractivity contribution in [1.82, 2.24) is 24.2 Å². The summed E-state index contributed by atoms with van der Waals surface area (Å²) in [5.74, 6) is 1.36. The lowest BCUT2D eigenvalue weighted by Crippen LogP contribution is -2.37. The van der Waals surface area contributed by atoms with Crippen molar-refractivity contribution in [2.75, 3.05) is 24.5 Å². The summed E-state index contributed by atoms with van der Waals surface area (Å²) in [6.45, 7) is 2.15. The average molecular weight is 339 g/mol. The van der Waals surface area contributed by atoms with Gasteiger partial charge in [0.1, 0.15) is 6.33 Å². The fourth-order valence-electron chi connectivity index (χ4n) is 3.00. The summed E-state index contributed by atoms with van der Waals surface area (Å²) in [6.07, 6.45) is 6.10. The van der Waals surface area contributed by atoms with Crippen LogP contribution in [-0.4, -0.2) is 47.6 Å². The molecule has 2 aromatic rings. The van der Waals surface area contributed by atoms with Crippen LogP contribution in [0.1, 0.15) is 19.3 Å². The zero-order valence-electron chi connectivity index (χ0n) is 13.0. The van der Waals surface area contributed by atoms with Crippen LogP contribution in [-0.2, 0) is 17.3 Å². The molecule has 1 fully saturated rings. The van der Waals surface area contributed by atoms with E-state index in [0.717, 1.165) is 49.3 Å². The molecule has 0 aliphatic carbocycles. The molecule has 0 aromatic carbocycles. The van der Waals surface area contributed by atoms with Crippen molar-refractivity contribution in [2.24, 2.45) is 18.1 Å². The monoisotopic (exact) mass is 339 g/mol. The van der Waals surface area contributed by atoms with E-state index >= 15 is 0 Å². The molecule has 3 heterocycles. The highest BCUT2D eigenvalue weighted by Gasteiger charge is 2.22. The minimum atomic E-state index is -3.59. The van der Waals surface area contributed by atoms with E-state index in [4.69, 9.17) is 5.14 Å². The molecule has 1 aliphatic heterocycles. The zero-order valence-corrected chi connectivity index (χ0v) is 13.8. The first-order chi connectivity index (χ1) is 10.9. The number of anilines is 1. The number of aryl methyl sites for hydroxylation is 1. The molecule has 1 aliphatic rings. The molecule has 9 nitrogen and oxygen atoms in total. The number of piperidine rings is 1. The van der Waals surface area contributed by atoms with Crippen LogP contribution in [0.15, 0.2) is 12.7 Å². The van der Waals surface area contributed by atoms with Gasteiger partial charge in [-0.3, -0.25) is 0 Å². The number of nitrogens with two attached hydrogens (primary N) is 1. The highest BCUT2D eigenvalue weighted by atomic mass is 32.2. The maximum atomic E-state index is 10.9. The Morgan fingerprint density at radius 2 is 2.04 bits per heavy atom. The topological polar surface area (TPSA) is 119 Å². The molecule has 10 heteroatoms. The summed E-state index contributed by atoms with van der Waals surface area (Å²) in [4.78, 5) is 15.3. The first kappa shape index (κ1) is 16.1. The molecular formula is C13H21N7O2S. The number of hydrogen-bond donors (Lipinski definition) is 2. The molecule has 3 N–H and O–H groups in total. The SMILES string of the molecule is Cn1cnc2c(N3CCC(CCNS(N)(=O)=O)CC3)ncnc21. The fourth-order valence-corrected chi connectivity index (χ4v) is 3.41. The molecule has 23 heavy (non-hydrogen) atoms. The molecule has 0 unspecified atom stereocenters. The number of nitrogens with zero attached hydrogens (tertiary/aromatic N) is 5. The van der Waals surface area contributed by atoms with Crippen molar-refractivity contribution in [3.05, 3.63) is 12.7 Å². The highest BCUT2D eigenvalue weighted by Crippen LogP contribution is 2.27. The average Bonchev–Trinajstić information content (AvgIpc) is 2.89. The molecule has 126 valence electrons. The van der Waals surface area contributed by atoms with Gasteiger partial charge in [0.25, 0.3) is 10.2 Å². The van der Waals surface area contributed by atoms with Crippen molar-refractivity contribution < 1.29 is 8.42 Å². The minimum absolute atomic E-state index is 0.390. The Bertz CT molecular complexity index is 781. The highest BCUT2D eigenvalue weighted by molar-refractivity contribution is 7.87. The van der Waals surface area contributed by atoms with Gasteiger partial charge < -0.3 is 9.47 Å². The number of aromatic nitrogens is 4. The standard InChI is InChI=1S/C13H21N7O2S/c1-19-9-17-11-12(19)15-8-16-13(11)20-6-3-10(4-7-20)2-5-18-23(14,21)22/h8-10,18H,2-7H2,1H3,(H2,14,21,22). The van der Waals surface area contributed by atoms with E-state index < -0.39 is 10.2 Å². The quantitative estimate of drug-likeness (QED) is 0.776. The lowest BCUT2D eigenvalue weighted by atomic mass is 9.93. The van der Waals surface area contributed by atoms with Crippen LogP contribution in [0.5, 0.6) is 0 Å². The Kier molecular flexibility index (Phi) is 4.46. The third-order valence-corrected chi connectivity index (χ3v) is 4.85. The van der Waals surface area contributed by atoms with E-state index in [1.165, 1.54) is 0 Å². The van der Waals surface area contributed by atoms with Gasteiger partial charge >= 0.3 is 0 Å². The van der Waals surface area contributed by atoms with Crippen LogP contribution in [0.25, 0.3) is 11.2 Å². The Morgan fingerprint density at radius 1 is 1.30 bits per heavy atom. The van der Waals surface area contributed by atoms with Crippen molar-refractivity contribution in [3.8, 4) is 0 Å². The summed E-state index contributed by atoms with van der Waals surface area (Å²) >= 11 is 0. The van der Waals surface area contributed by atoms with Crippen molar-refractivity contribution >= 4 is 27.2 Å². The summed E-state index contributed by atoms with van der Waals surface area (Å²) in [7, 11) is -1.68.